The third-order valence-corrected chi connectivity index (χ3v) is 2.96. The Morgan fingerprint density at radius 3 is 2.47 bits per heavy atom. The predicted octanol–water partition coefficient (Wildman–Crippen LogP) is 4.17. The number of hydrogen-bond acceptors (Lipinski definition) is 3. The number of halogens is 4. The molecule has 0 spiro atoms. The van der Waals surface area contributed by atoms with E-state index in [0.717, 1.165) is 13.0 Å². The molecule has 1 aromatic carbocycles. The van der Waals surface area contributed by atoms with Crippen molar-refractivity contribution in [1.82, 2.24) is 0 Å². The number of nitrogens with zero attached hydrogens (tertiary/aromatic N) is 1. The Morgan fingerprint density at radius 2 is 2.05 bits per heavy atom. The number of nitro groups is 1. The van der Waals surface area contributed by atoms with Crippen LogP contribution in [-0.2, 0) is 6.42 Å². The molecule has 4 nitrogen and oxygen atoms in total. The Kier molecular flexibility index (Phi) is 4.62. The van der Waals surface area contributed by atoms with Crippen molar-refractivity contribution in [2.75, 3.05) is 5.32 Å². The van der Waals surface area contributed by atoms with Gasteiger partial charge in [-0.25, -0.2) is 0 Å². The molecule has 0 aliphatic carbocycles. The maximum absolute atomic E-state index is 12.4. The van der Waals surface area contributed by atoms with Crippen LogP contribution in [0, 0.1) is 10.1 Å². The van der Waals surface area contributed by atoms with E-state index in [-0.39, 0.29) is 10.7 Å². The number of nitro benzene ring substituents is 1. The Bertz CT molecular complexity index is 492. The molecule has 0 radical (unpaired) electrons. The number of nitrogens with one attached hydrogen (secondary N) is 1. The van der Waals surface area contributed by atoms with E-state index >= 15 is 0 Å². The van der Waals surface area contributed by atoms with E-state index in [2.05, 4.69) is 5.32 Å². The lowest BCUT2D eigenvalue weighted by atomic mass is 10.1. The van der Waals surface area contributed by atoms with Gasteiger partial charge in [0.05, 0.1) is 4.92 Å². The monoisotopic (exact) mass is 296 g/mol. The third kappa shape index (κ3) is 3.73. The Hall–Kier alpha value is -1.50. The minimum Gasteiger partial charge on any atom is -0.369 e. The van der Waals surface area contributed by atoms with Crippen LogP contribution in [0.15, 0.2) is 12.1 Å². The first-order chi connectivity index (χ1) is 8.66. The minimum absolute atomic E-state index is 0.199. The summed E-state index contributed by atoms with van der Waals surface area (Å²) in [4.78, 5) is 10.1. The van der Waals surface area contributed by atoms with Crippen molar-refractivity contribution in [3.05, 3.63) is 32.8 Å². The summed E-state index contributed by atoms with van der Waals surface area (Å²) in [5.41, 5.74) is -0.145. The smallest absolute Gasteiger partial charge is 0.369 e. The van der Waals surface area contributed by atoms with Crippen LogP contribution in [0.4, 0.5) is 24.5 Å². The molecule has 0 bridgehead atoms. The van der Waals surface area contributed by atoms with Gasteiger partial charge >= 0.3 is 6.18 Å². The first-order valence-electron chi connectivity index (χ1n) is 5.46. The quantitative estimate of drug-likeness (QED) is 0.670. The first-order valence-corrected chi connectivity index (χ1v) is 5.84. The molecule has 8 heteroatoms. The zero-order valence-corrected chi connectivity index (χ0v) is 11.0. The van der Waals surface area contributed by atoms with Gasteiger partial charge in [0.15, 0.2) is 0 Å². The molecule has 1 N–H and O–H groups in total. The Balaban J connectivity index is 3.19. The molecule has 1 atom stereocenters. The van der Waals surface area contributed by atoms with Gasteiger partial charge in [-0.15, -0.1) is 0 Å². The molecule has 0 unspecified atom stereocenters. The van der Waals surface area contributed by atoms with Crippen LogP contribution in [0.25, 0.3) is 0 Å². The summed E-state index contributed by atoms with van der Waals surface area (Å²) in [5.74, 6) is 0. The fraction of sp³-hybridized carbons (Fsp3) is 0.455. The van der Waals surface area contributed by atoms with Crippen LogP contribution in [-0.4, -0.2) is 17.1 Å². The van der Waals surface area contributed by atoms with Crippen molar-refractivity contribution in [1.29, 1.82) is 0 Å². The second-order valence-electron chi connectivity index (χ2n) is 3.98. The minimum atomic E-state index is -4.50. The fourth-order valence-corrected chi connectivity index (χ4v) is 1.76. The molecule has 19 heavy (non-hydrogen) atoms. The maximum Gasteiger partial charge on any atom is 0.408 e. The van der Waals surface area contributed by atoms with E-state index in [0.29, 0.717) is 12.0 Å². The number of benzene rings is 1. The summed E-state index contributed by atoms with van der Waals surface area (Å²) in [5, 5.41) is 13.1. The number of alkyl halides is 3. The van der Waals surface area contributed by atoms with Crippen LogP contribution in [0.5, 0.6) is 0 Å². The summed E-state index contributed by atoms with van der Waals surface area (Å²) in [6.45, 7) is 2.63. The van der Waals surface area contributed by atoms with E-state index in [1.165, 1.54) is 6.07 Å². The molecule has 0 heterocycles. The molecular weight excluding hydrogens is 285 g/mol. The second-order valence-corrected chi connectivity index (χ2v) is 4.39. The van der Waals surface area contributed by atoms with E-state index in [1.54, 1.807) is 6.92 Å². The highest BCUT2D eigenvalue weighted by atomic mass is 35.5. The summed E-state index contributed by atoms with van der Waals surface area (Å²) >= 11 is 5.86. The van der Waals surface area contributed by atoms with Crippen molar-refractivity contribution < 1.29 is 18.1 Å². The summed E-state index contributed by atoms with van der Waals surface area (Å²) in [6, 6.07) is 0.434. The van der Waals surface area contributed by atoms with Crippen molar-refractivity contribution in [3.63, 3.8) is 0 Å². The molecule has 0 saturated carbocycles. The number of rotatable bonds is 4. The maximum atomic E-state index is 12.4. The first kappa shape index (κ1) is 15.6. The van der Waals surface area contributed by atoms with Crippen molar-refractivity contribution >= 4 is 23.0 Å². The molecule has 1 aromatic rings. The lowest BCUT2D eigenvalue weighted by molar-refractivity contribution is -0.384. The van der Waals surface area contributed by atoms with E-state index in [9.17, 15) is 23.3 Å². The summed E-state index contributed by atoms with van der Waals surface area (Å²) < 4.78 is 37.3. The number of anilines is 1. The van der Waals surface area contributed by atoms with Crippen LogP contribution >= 0.6 is 11.6 Å². The largest absolute Gasteiger partial charge is 0.408 e. The third-order valence-electron chi connectivity index (χ3n) is 2.61. The lowest BCUT2D eigenvalue weighted by Gasteiger charge is -2.18. The van der Waals surface area contributed by atoms with E-state index < -0.39 is 22.8 Å². The van der Waals surface area contributed by atoms with Crippen molar-refractivity contribution in [2.24, 2.45) is 0 Å². The lowest BCUT2D eigenvalue weighted by Crippen LogP contribution is -2.33. The van der Waals surface area contributed by atoms with Crippen molar-refractivity contribution in [2.45, 2.75) is 32.5 Å². The highest BCUT2D eigenvalue weighted by molar-refractivity contribution is 6.31. The number of hydrogen-bond donors (Lipinski definition) is 1. The Labute approximate surface area is 112 Å². The molecule has 106 valence electrons. The van der Waals surface area contributed by atoms with Gasteiger partial charge in [-0.05, 0) is 25.0 Å². The molecule has 0 fully saturated rings. The molecule has 0 saturated heterocycles. The van der Waals surface area contributed by atoms with Crippen LogP contribution < -0.4 is 5.32 Å². The SMILES string of the molecule is CCc1cc([N+](=O)[O-])c(N[C@H](C)C(F)(F)F)cc1Cl. The molecule has 1 rings (SSSR count). The van der Waals surface area contributed by atoms with E-state index in [1.807, 2.05) is 0 Å². The zero-order chi connectivity index (χ0) is 14.8. The topological polar surface area (TPSA) is 55.2 Å². The predicted molar refractivity (Wildman–Crippen MR) is 66.6 cm³/mol. The highest BCUT2D eigenvalue weighted by Gasteiger charge is 2.37. The van der Waals surface area contributed by atoms with Crippen LogP contribution in [0.2, 0.25) is 5.02 Å². The van der Waals surface area contributed by atoms with Crippen LogP contribution in [0.3, 0.4) is 0 Å². The zero-order valence-electron chi connectivity index (χ0n) is 10.2. The normalized spacial score (nSPS) is 13.2. The molecule has 0 amide bonds. The fourth-order valence-electron chi connectivity index (χ4n) is 1.46. The molecular formula is C11H12ClF3N2O2. The van der Waals surface area contributed by atoms with Gasteiger partial charge in [0.25, 0.3) is 5.69 Å². The average molecular weight is 297 g/mol. The second kappa shape index (κ2) is 5.64. The van der Waals surface area contributed by atoms with Gasteiger partial charge < -0.3 is 5.32 Å². The van der Waals surface area contributed by atoms with Gasteiger partial charge in [-0.3, -0.25) is 10.1 Å². The standard InChI is InChI=1S/C11H12ClF3N2O2/c1-3-7-4-10(17(18)19)9(5-8(7)12)16-6(2)11(13,14)15/h4-6,16H,3H2,1-2H3/t6-/m1/s1. The summed E-state index contributed by atoms with van der Waals surface area (Å²) in [7, 11) is 0. The average Bonchev–Trinajstić information content (AvgIpc) is 2.27. The van der Waals surface area contributed by atoms with E-state index in [4.69, 9.17) is 11.6 Å². The molecule has 0 aliphatic heterocycles. The van der Waals surface area contributed by atoms with Crippen LogP contribution in [0.1, 0.15) is 19.4 Å². The Morgan fingerprint density at radius 1 is 1.47 bits per heavy atom. The van der Waals surface area contributed by atoms with Gasteiger partial charge in [-0.2, -0.15) is 13.2 Å². The highest BCUT2D eigenvalue weighted by Crippen LogP contribution is 2.33. The van der Waals surface area contributed by atoms with Gasteiger partial charge in [0, 0.05) is 11.1 Å². The van der Waals surface area contributed by atoms with Crippen molar-refractivity contribution in [3.8, 4) is 0 Å². The summed E-state index contributed by atoms with van der Waals surface area (Å²) in [6.07, 6.45) is -4.04. The van der Waals surface area contributed by atoms with Gasteiger partial charge in [-0.1, -0.05) is 18.5 Å². The van der Waals surface area contributed by atoms with Gasteiger partial charge in [0.2, 0.25) is 0 Å². The molecule has 0 aliphatic rings. The molecule has 0 aromatic heterocycles. The number of aryl methyl sites for hydroxylation is 1. The van der Waals surface area contributed by atoms with Gasteiger partial charge in [0.1, 0.15) is 11.7 Å².